The van der Waals surface area contributed by atoms with Crippen LogP contribution in [0, 0.1) is 6.92 Å². The molecule has 0 saturated heterocycles. The first-order valence-electron chi connectivity index (χ1n) is 6.57. The van der Waals surface area contributed by atoms with Crippen molar-refractivity contribution < 1.29 is 14.6 Å². The van der Waals surface area contributed by atoms with Gasteiger partial charge in [-0.2, -0.15) is 0 Å². The van der Waals surface area contributed by atoms with E-state index in [1.165, 1.54) is 7.11 Å². The number of rotatable bonds is 6. The summed E-state index contributed by atoms with van der Waals surface area (Å²) in [5.41, 5.74) is 2.07. The number of aromatic carboxylic acids is 1. The average Bonchev–Trinajstić information content (AvgIpc) is 2.89. The maximum atomic E-state index is 11.2. The number of nitrogens with one attached hydrogen (secondary N) is 1. The minimum atomic E-state index is -0.990. The van der Waals surface area contributed by atoms with E-state index in [0.29, 0.717) is 12.3 Å². The lowest BCUT2D eigenvalue weighted by atomic mass is 10.0. The number of ether oxygens (including phenoxy) is 1. The monoisotopic (exact) mass is 306 g/mol. The molecule has 0 spiro atoms. The van der Waals surface area contributed by atoms with Crippen molar-refractivity contribution in [1.82, 2.24) is 10.3 Å². The van der Waals surface area contributed by atoms with Crippen LogP contribution in [0.1, 0.15) is 39.6 Å². The first kappa shape index (κ1) is 15.5. The van der Waals surface area contributed by atoms with Crippen molar-refractivity contribution in [3.05, 3.63) is 45.4 Å². The van der Waals surface area contributed by atoms with Crippen LogP contribution in [0.5, 0.6) is 5.75 Å². The molecular weight excluding hydrogens is 288 g/mol. The summed E-state index contributed by atoms with van der Waals surface area (Å²) in [5.74, 6) is -0.621. The van der Waals surface area contributed by atoms with E-state index in [4.69, 9.17) is 4.74 Å². The smallest absolute Gasteiger partial charge is 0.339 e. The number of methoxy groups -OCH3 is 1. The number of carboxylic acid groups (broad SMARTS) is 1. The van der Waals surface area contributed by atoms with Gasteiger partial charge in [-0.1, -0.05) is 6.07 Å². The lowest BCUT2D eigenvalue weighted by molar-refractivity contribution is 0.0693. The summed E-state index contributed by atoms with van der Waals surface area (Å²) in [6.45, 7) is 4.62. The van der Waals surface area contributed by atoms with Gasteiger partial charge in [0.25, 0.3) is 0 Å². The van der Waals surface area contributed by atoms with Gasteiger partial charge < -0.3 is 15.2 Å². The van der Waals surface area contributed by atoms with E-state index >= 15 is 0 Å². The van der Waals surface area contributed by atoms with Crippen LogP contribution in [0.2, 0.25) is 0 Å². The summed E-state index contributed by atoms with van der Waals surface area (Å²) in [4.78, 5) is 15.6. The van der Waals surface area contributed by atoms with E-state index in [9.17, 15) is 9.90 Å². The molecule has 1 heterocycles. The number of carboxylic acids is 1. The van der Waals surface area contributed by atoms with Gasteiger partial charge in [-0.25, -0.2) is 9.78 Å². The van der Waals surface area contributed by atoms with Gasteiger partial charge in [0, 0.05) is 18.0 Å². The molecule has 2 aromatic rings. The maximum absolute atomic E-state index is 11.2. The quantitative estimate of drug-likeness (QED) is 0.858. The summed E-state index contributed by atoms with van der Waals surface area (Å²) in [5, 5.41) is 15.6. The molecule has 0 radical (unpaired) electrons. The van der Waals surface area contributed by atoms with Crippen molar-refractivity contribution in [1.29, 1.82) is 0 Å². The Morgan fingerprint density at radius 2 is 2.29 bits per heavy atom. The van der Waals surface area contributed by atoms with E-state index in [0.717, 1.165) is 16.3 Å². The van der Waals surface area contributed by atoms with Gasteiger partial charge in [-0.3, -0.25) is 0 Å². The molecule has 0 aliphatic rings. The Bertz CT molecular complexity index is 640. The minimum absolute atomic E-state index is 0.0241. The summed E-state index contributed by atoms with van der Waals surface area (Å²) in [6, 6.07) is 5.22. The molecule has 112 valence electrons. The maximum Gasteiger partial charge on any atom is 0.339 e. The molecule has 1 atom stereocenters. The topological polar surface area (TPSA) is 71.5 Å². The van der Waals surface area contributed by atoms with Crippen molar-refractivity contribution in [3.63, 3.8) is 0 Å². The van der Waals surface area contributed by atoms with Crippen LogP contribution in [-0.2, 0) is 6.54 Å². The SMILES string of the molecule is COc1ccc([C@H](C)NCc2csc(C)n2)cc1C(=O)O. The number of carbonyl (C=O) groups is 1. The van der Waals surface area contributed by atoms with E-state index in [-0.39, 0.29) is 11.6 Å². The minimum Gasteiger partial charge on any atom is -0.496 e. The fraction of sp³-hybridized carbons (Fsp3) is 0.333. The summed E-state index contributed by atoms with van der Waals surface area (Å²) in [6.07, 6.45) is 0. The van der Waals surface area contributed by atoms with Crippen LogP contribution >= 0.6 is 11.3 Å². The van der Waals surface area contributed by atoms with Crippen LogP contribution in [0.25, 0.3) is 0 Å². The second kappa shape index (κ2) is 6.69. The van der Waals surface area contributed by atoms with Crippen molar-refractivity contribution >= 4 is 17.3 Å². The fourth-order valence-corrected chi connectivity index (χ4v) is 2.64. The van der Waals surface area contributed by atoms with Gasteiger partial charge in [-0.05, 0) is 31.5 Å². The Balaban J connectivity index is 2.10. The van der Waals surface area contributed by atoms with Gasteiger partial charge in [0.1, 0.15) is 11.3 Å². The van der Waals surface area contributed by atoms with Crippen molar-refractivity contribution in [2.45, 2.75) is 26.4 Å². The fourth-order valence-electron chi connectivity index (χ4n) is 2.03. The molecule has 0 fully saturated rings. The number of aromatic nitrogens is 1. The Hall–Kier alpha value is -1.92. The number of thiazole rings is 1. The standard InChI is InChI=1S/C15H18N2O3S/c1-9(16-7-12-8-21-10(2)17-12)11-4-5-14(20-3)13(6-11)15(18)19/h4-6,8-9,16H,7H2,1-3H3,(H,18,19)/t9-/m0/s1. The normalized spacial score (nSPS) is 12.1. The zero-order valence-corrected chi connectivity index (χ0v) is 13.0. The van der Waals surface area contributed by atoms with Gasteiger partial charge >= 0.3 is 5.97 Å². The molecule has 0 bridgehead atoms. The third kappa shape index (κ3) is 3.80. The Kier molecular flexibility index (Phi) is 4.93. The van der Waals surface area contributed by atoms with E-state index in [1.807, 2.05) is 25.3 Å². The van der Waals surface area contributed by atoms with Crippen LogP contribution in [0.3, 0.4) is 0 Å². The highest BCUT2D eigenvalue weighted by atomic mass is 32.1. The van der Waals surface area contributed by atoms with E-state index in [2.05, 4.69) is 10.3 Å². The third-order valence-electron chi connectivity index (χ3n) is 3.21. The molecule has 6 heteroatoms. The second-order valence-corrected chi connectivity index (χ2v) is 5.79. The summed E-state index contributed by atoms with van der Waals surface area (Å²) < 4.78 is 5.06. The average molecular weight is 306 g/mol. The highest BCUT2D eigenvalue weighted by Crippen LogP contribution is 2.23. The predicted octanol–water partition coefficient (Wildman–Crippen LogP) is 3.01. The lowest BCUT2D eigenvalue weighted by Gasteiger charge is -2.15. The zero-order chi connectivity index (χ0) is 15.4. The summed E-state index contributed by atoms with van der Waals surface area (Å²) in [7, 11) is 1.47. The molecule has 2 rings (SSSR count). The molecule has 0 amide bonds. The van der Waals surface area contributed by atoms with Crippen molar-refractivity contribution in [3.8, 4) is 5.75 Å². The molecule has 21 heavy (non-hydrogen) atoms. The van der Waals surface area contributed by atoms with Gasteiger partial charge in [0.2, 0.25) is 0 Å². The van der Waals surface area contributed by atoms with Gasteiger partial charge in [0.05, 0.1) is 17.8 Å². The predicted molar refractivity (Wildman–Crippen MR) is 82.1 cm³/mol. The number of hydrogen-bond acceptors (Lipinski definition) is 5. The van der Waals surface area contributed by atoms with Gasteiger partial charge in [0.15, 0.2) is 0 Å². The van der Waals surface area contributed by atoms with E-state index < -0.39 is 5.97 Å². The molecule has 0 unspecified atom stereocenters. The Labute approximate surface area is 127 Å². The van der Waals surface area contributed by atoms with Crippen molar-refractivity contribution in [2.75, 3.05) is 7.11 Å². The molecule has 0 aliphatic carbocycles. The molecule has 5 nitrogen and oxygen atoms in total. The van der Waals surface area contributed by atoms with Crippen LogP contribution in [-0.4, -0.2) is 23.2 Å². The molecule has 0 aliphatic heterocycles. The number of hydrogen-bond donors (Lipinski definition) is 2. The molecular formula is C15H18N2O3S. The van der Waals surface area contributed by atoms with Crippen molar-refractivity contribution in [2.24, 2.45) is 0 Å². The number of nitrogens with zero attached hydrogens (tertiary/aromatic N) is 1. The Morgan fingerprint density at radius 1 is 1.52 bits per heavy atom. The highest BCUT2D eigenvalue weighted by molar-refractivity contribution is 7.09. The molecule has 0 saturated carbocycles. The number of aryl methyl sites for hydroxylation is 1. The first-order valence-corrected chi connectivity index (χ1v) is 7.45. The zero-order valence-electron chi connectivity index (χ0n) is 12.2. The second-order valence-electron chi connectivity index (χ2n) is 4.73. The largest absolute Gasteiger partial charge is 0.496 e. The lowest BCUT2D eigenvalue weighted by Crippen LogP contribution is -2.18. The molecule has 2 N–H and O–H groups in total. The third-order valence-corrected chi connectivity index (χ3v) is 4.03. The Morgan fingerprint density at radius 3 is 2.86 bits per heavy atom. The highest BCUT2D eigenvalue weighted by Gasteiger charge is 2.14. The van der Waals surface area contributed by atoms with E-state index in [1.54, 1.807) is 23.5 Å². The van der Waals surface area contributed by atoms with Crippen LogP contribution < -0.4 is 10.1 Å². The molecule has 1 aromatic heterocycles. The first-order chi connectivity index (χ1) is 10.0. The molecule has 1 aromatic carbocycles. The number of benzene rings is 1. The van der Waals surface area contributed by atoms with Crippen LogP contribution in [0.15, 0.2) is 23.6 Å². The van der Waals surface area contributed by atoms with Gasteiger partial charge in [-0.15, -0.1) is 11.3 Å². The van der Waals surface area contributed by atoms with Crippen LogP contribution in [0.4, 0.5) is 0 Å². The summed E-state index contributed by atoms with van der Waals surface area (Å²) >= 11 is 1.62.